The van der Waals surface area contributed by atoms with Crippen LogP contribution in [0.15, 0.2) is 48.9 Å². The predicted molar refractivity (Wildman–Crippen MR) is 85.0 cm³/mol. The zero-order valence-corrected chi connectivity index (χ0v) is 13.7. The van der Waals surface area contributed by atoms with Crippen molar-refractivity contribution in [2.45, 2.75) is 25.2 Å². The number of benzene rings is 1. The molecule has 0 atom stereocenters. The summed E-state index contributed by atoms with van der Waals surface area (Å²) in [6.07, 6.45) is -7.38. The molecule has 0 aliphatic rings. The van der Waals surface area contributed by atoms with E-state index in [-0.39, 0.29) is 6.42 Å². The number of methoxy groups -OCH3 is 1. The SMILES string of the molecule is COC=C(CCC(F)(F)F)c1ccc(-c2ccc(C(F)(F)F)cc2)nc1. The fourth-order valence-corrected chi connectivity index (χ4v) is 2.27. The highest BCUT2D eigenvalue weighted by Gasteiger charge is 2.30. The molecule has 1 aromatic heterocycles. The van der Waals surface area contributed by atoms with Crippen LogP contribution in [-0.4, -0.2) is 18.3 Å². The topological polar surface area (TPSA) is 22.1 Å². The molecule has 0 unspecified atom stereocenters. The number of nitrogens with zero attached hydrogens (tertiary/aromatic N) is 1. The van der Waals surface area contributed by atoms with Gasteiger partial charge in [0.1, 0.15) is 0 Å². The van der Waals surface area contributed by atoms with Gasteiger partial charge in [0.25, 0.3) is 0 Å². The highest BCUT2D eigenvalue weighted by Crippen LogP contribution is 2.31. The molecule has 140 valence electrons. The smallest absolute Gasteiger partial charge is 0.416 e. The van der Waals surface area contributed by atoms with Crippen LogP contribution in [-0.2, 0) is 10.9 Å². The van der Waals surface area contributed by atoms with Crippen molar-refractivity contribution in [1.29, 1.82) is 0 Å². The molecule has 0 aliphatic heterocycles. The summed E-state index contributed by atoms with van der Waals surface area (Å²) in [6, 6.07) is 7.58. The van der Waals surface area contributed by atoms with E-state index in [4.69, 9.17) is 4.74 Å². The van der Waals surface area contributed by atoms with E-state index < -0.39 is 24.3 Å². The van der Waals surface area contributed by atoms with Crippen LogP contribution in [0.1, 0.15) is 24.0 Å². The van der Waals surface area contributed by atoms with E-state index in [1.165, 1.54) is 37.8 Å². The van der Waals surface area contributed by atoms with Gasteiger partial charge in [-0.05, 0) is 35.8 Å². The van der Waals surface area contributed by atoms with Crippen LogP contribution in [0.2, 0.25) is 0 Å². The third-order valence-electron chi connectivity index (χ3n) is 3.58. The molecule has 26 heavy (non-hydrogen) atoms. The normalized spacial score (nSPS) is 13.0. The summed E-state index contributed by atoms with van der Waals surface area (Å²) >= 11 is 0. The lowest BCUT2D eigenvalue weighted by Crippen LogP contribution is -2.07. The molecule has 8 heteroatoms. The molecule has 0 saturated carbocycles. The number of aromatic nitrogens is 1. The Morgan fingerprint density at radius 2 is 1.65 bits per heavy atom. The molecule has 0 saturated heterocycles. The number of hydrogen-bond donors (Lipinski definition) is 0. The molecule has 0 aliphatic carbocycles. The van der Waals surface area contributed by atoms with E-state index in [0.29, 0.717) is 22.4 Å². The van der Waals surface area contributed by atoms with Crippen molar-refractivity contribution in [1.82, 2.24) is 4.98 Å². The van der Waals surface area contributed by atoms with Gasteiger partial charge in [0.2, 0.25) is 0 Å². The van der Waals surface area contributed by atoms with Gasteiger partial charge in [-0.15, -0.1) is 0 Å². The quantitative estimate of drug-likeness (QED) is 0.466. The number of allylic oxidation sites excluding steroid dienone is 1. The van der Waals surface area contributed by atoms with E-state index in [2.05, 4.69) is 4.98 Å². The minimum Gasteiger partial charge on any atom is -0.504 e. The molecule has 1 aromatic carbocycles. The second kappa shape index (κ2) is 7.80. The Morgan fingerprint density at radius 1 is 1.00 bits per heavy atom. The Hall–Kier alpha value is -2.51. The van der Waals surface area contributed by atoms with E-state index in [1.807, 2.05) is 0 Å². The van der Waals surface area contributed by atoms with Gasteiger partial charge in [-0.2, -0.15) is 26.3 Å². The molecule has 2 rings (SSSR count). The number of hydrogen-bond acceptors (Lipinski definition) is 2. The van der Waals surface area contributed by atoms with E-state index >= 15 is 0 Å². The molecule has 2 aromatic rings. The zero-order chi connectivity index (χ0) is 19.4. The van der Waals surface area contributed by atoms with Crippen LogP contribution >= 0.6 is 0 Å². The van der Waals surface area contributed by atoms with Gasteiger partial charge in [0, 0.05) is 18.2 Å². The van der Waals surface area contributed by atoms with Crippen LogP contribution in [0.4, 0.5) is 26.3 Å². The molecular formula is C18H15F6NO. The highest BCUT2D eigenvalue weighted by atomic mass is 19.4. The maximum atomic E-state index is 12.6. The first-order valence-electron chi connectivity index (χ1n) is 7.53. The molecule has 0 fully saturated rings. The second-order valence-corrected chi connectivity index (χ2v) is 5.50. The number of ether oxygens (including phenoxy) is 1. The van der Waals surface area contributed by atoms with Gasteiger partial charge in [-0.25, -0.2) is 0 Å². The van der Waals surface area contributed by atoms with Crippen molar-refractivity contribution in [3.05, 3.63) is 60.0 Å². The van der Waals surface area contributed by atoms with Gasteiger partial charge in [-0.3, -0.25) is 4.98 Å². The van der Waals surface area contributed by atoms with Crippen molar-refractivity contribution in [2.75, 3.05) is 7.11 Å². The minimum absolute atomic E-state index is 0.265. The van der Waals surface area contributed by atoms with Crippen molar-refractivity contribution in [3.63, 3.8) is 0 Å². The molecule has 0 N–H and O–H groups in total. The number of pyridine rings is 1. The first-order chi connectivity index (χ1) is 12.1. The van der Waals surface area contributed by atoms with Crippen LogP contribution in [0.25, 0.3) is 16.8 Å². The fourth-order valence-electron chi connectivity index (χ4n) is 2.27. The van der Waals surface area contributed by atoms with Crippen LogP contribution < -0.4 is 0 Å². The van der Waals surface area contributed by atoms with Gasteiger partial charge < -0.3 is 4.74 Å². The summed E-state index contributed by atoms with van der Waals surface area (Å²) < 4.78 is 79.8. The molecule has 1 heterocycles. The lowest BCUT2D eigenvalue weighted by Gasteiger charge is -2.11. The Kier molecular flexibility index (Phi) is 5.94. The van der Waals surface area contributed by atoms with Gasteiger partial charge in [0.15, 0.2) is 0 Å². The third-order valence-corrected chi connectivity index (χ3v) is 3.58. The summed E-state index contributed by atoms with van der Waals surface area (Å²) in [5.41, 5.74) is 0.894. The highest BCUT2D eigenvalue weighted by molar-refractivity contribution is 5.67. The van der Waals surface area contributed by atoms with E-state index in [1.54, 1.807) is 6.07 Å². The Balaban J connectivity index is 2.19. The van der Waals surface area contributed by atoms with Gasteiger partial charge in [-0.1, -0.05) is 18.2 Å². The molecule has 2 nitrogen and oxygen atoms in total. The number of rotatable bonds is 5. The molecule has 0 bridgehead atoms. The van der Waals surface area contributed by atoms with Gasteiger partial charge in [0.05, 0.1) is 24.6 Å². The van der Waals surface area contributed by atoms with E-state index in [0.717, 1.165) is 12.1 Å². The molecule has 0 amide bonds. The van der Waals surface area contributed by atoms with Crippen molar-refractivity contribution >= 4 is 5.57 Å². The van der Waals surface area contributed by atoms with Crippen LogP contribution in [0, 0.1) is 0 Å². The largest absolute Gasteiger partial charge is 0.504 e. The Bertz CT molecular complexity index is 745. The minimum atomic E-state index is -4.42. The van der Waals surface area contributed by atoms with Crippen molar-refractivity contribution in [3.8, 4) is 11.3 Å². The van der Waals surface area contributed by atoms with Crippen molar-refractivity contribution in [2.24, 2.45) is 0 Å². The summed E-state index contributed by atoms with van der Waals surface area (Å²) in [5.74, 6) is 0. The average Bonchev–Trinajstić information content (AvgIpc) is 2.57. The summed E-state index contributed by atoms with van der Waals surface area (Å²) in [5, 5.41) is 0. The Labute approximate surface area is 146 Å². The fraction of sp³-hybridized carbons (Fsp3) is 0.278. The first-order valence-corrected chi connectivity index (χ1v) is 7.53. The first kappa shape index (κ1) is 19.8. The maximum absolute atomic E-state index is 12.6. The summed E-state index contributed by atoms with van der Waals surface area (Å²) in [7, 11) is 1.33. The lowest BCUT2D eigenvalue weighted by molar-refractivity contribution is -0.137. The van der Waals surface area contributed by atoms with E-state index in [9.17, 15) is 26.3 Å². The zero-order valence-electron chi connectivity index (χ0n) is 13.7. The lowest BCUT2D eigenvalue weighted by atomic mass is 10.0. The number of halogens is 6. The van der Waals surface area contributed by atoms with Crippen LogP contribution in [0.3, 0.4) is 0 Å². The summed E-state index contributed by atoms with van der Waals surface area (Å²) in [4.78, 5) is 4.13. The molecular weight excluding hydrogens is 360 g/mol. The van der Waals surface area contributed by atoms with Crippen molar-refractivity contribution < 1.29 is 31.1 Å². The maximum Gasteiger partial charge on any atom is 0.416 e. The van der Waals surface area contributed by atoms with Gasteiger partial charge >= 0.3 is 12.4 Å². The number of alkyl halides is 6. The summed E-state index contributed by atoms with van der Waals surface area (Å²) in [6.45, 7) is 0. The standard InChI is InChI=1S/C18H15F6NO/c1-26-11-14(8-9-17(19,20)21)13-4-7-16(25-10-13)12-2-5-15(6-3-12)18(22,23)24/h2-7,10-11H,8-9H2,1H3. The molecule has 0 radical (unpaired) electrons. The third kappa shape index (κ3) is 5.50. The molecule has 0 spiro atoms. The second-order valence-electron chi connectivity index (χ2n) is 5.50. The monoisotopic (exact) mass is 375 g/mol. The predicted octanol–water partition coefficient (Wildman–Crippen LogP) is 6.10. The average molecular weight is 375 g/mol. The Morgan fingerprint density at radius 3 is 2.12 bits per heavy atom. The van der Waals surface area contributed by atoms with Crippen LogP contribution in [0.5, 0.6) is 0 Å².